The van der Waals surface area contributed by atoms with Gasteiger partial charge in [0.05, 0.1) is 5.92 Å². The summed E-state index contributed by atoms with van der Waals surface area (Å²) in [5.41, 5.74) is 0. The van der Waals surface area contributed by atoms with Gasteiger partial charge in [-0.25, -0.2) is 0 Å². The van der Waals surface area contributed by atoms with Crippen LogP contribution in [-0.2, 0) is 0 Å². The molecule has 2 rings (SSSR count). The summed E-state index contributed by atoms with van der Waals surface area (Å²) in [4.78, 5) is 0. The van der Waals surface area contributed by atoms with Gasteiger partial charge in [0.1, 0.15) is 0 Å². The maximum Gasteiger partial charge on any atom is 0.391 e. The molecular formula is C15H26F3N. The van der Waals surface area contributed by atoms with Crippen molar-refractivity contribution in [2.24, 2.45) is 11.8 Å². The van der Waals surface area contributed by atoms with Gasteiger partial charge < -0.3 is 5.32 Å². The highest BCUT2D eigenvalue weighted by atomic mass is 19.4. The van der Waals surface area contributed by atoms with Crippen LogP contribution in [0.5, 0.6) is 0 Å². The van der Waals surface area contributed by atoms with Crippen LogP contribution in [0.15, 0.2) is 0 Å². The molecular weight excluding hydrogens is 251 g/mol. The van der Waals surface area contributed by atoms with Crippen molar-refractivity contribution in [2.75, 3.05) is 6.54 Å². The average molecular weight is 277 g/mol. The number of halogens is 3. The standard InChI is InChI=1S/C15H26F3N/c16-15(17,18)13-7-5-6-12(10-13)11-19-14-8-3-1-2-4-9-14/h12-14,19H,1-11H2. The molecule has 0 aliphatic heterocycles. The third-order valence-electron chi connectivity index (χ3n) is 4.80. The third kappa shape index (κ3) is 4.97. The van der Waals surface area contributed by atoms with Crippen LogP contribution in [0.4, 0.5) is 13.2 Å². The molecule has 0 amide bonds. The summed E-state index contributed by atoms with van der Waals surface area (Å²) in [5, 5.41) is 3.54. The SMILES string of the molecule is FC(F)(F)C1CCCC(CNC2CCCCCC2)C1. The van der Waals surface area contributed by atoms with Gasteiger partial charge in [-0.15, -0.1) is 0 Å². The zero-order valence-corrected chi connectivity index (χ0v) is 11.6. The molecule has 0 aromatic rings. The van der Waals surface area contributed by atoms with Crippen molar-refractivity contribution >= 4 is 0 Å². The maximum absolute atomic E-state index is 12.7. The van der Waals surface area contributed by atoms with Gasteiger partial charge in [-0.2, -0.15) is 13.2 Å². The second kappa shape index (κ2) is 6.96. The highest BCUT2D eigenvalue weighted by molar-refractivity contribution is 4.80. The number of rotatable bonds is 3. The molecule has 2 saturated carbocycles. The lowest BCUT2D eigenvalue weighted by molar-refractivity contribution is -0.185. The predicted octanol–water partition coefficient (Wildman–Crippen LogP) is 4.67. The topological polar surface area (TPSA) is 12.0 Å². The van der Waals surface area contributed by atoms with E-state index < -0.39 is 12.1 Å². The highest BCUT2D eigenvalue weighted by Crippen LogP contribution is 2.39. The van der Waals surface area contributed by atoms with E-state index in [9.17, 15) is 13.2 Å². The van der Waals surface area contributed by atoms with Crippen molar-refractivity contribution in [1.82, 2.24) is 5.32 Å². The van der Waals surface area contributed by atoms with Crippen LogP contribution in [0.1, 0.15) is 64.2 Å². The molecule has 1 N–H and O–H groups in total. The molecule has 0 spiro atoms. The quantitative estimate of drug-likeness (QED) is 0.739. The first-order valence-electron chi connectivity index (χ1n) is 7.86. The summed E-state index contributed by atoms with van der Waals surface area (Å²) in [5.74, 6) is -0.828. The zero-order chi connectivity index (χ0) is 13.7. The number of hydrogen-bond acceptors (Lipinski definition) is 1. The second-order valence-corrected chi connectivity index (χ2v) is 6.37. The first-order valence-corrected chi connectivity index (χ1v) is 7.86. The van der Waals surface area contributed by atoms with Crippen molar-refractivity contribution in [3.63, 3.8) is 0 Å². The van der Waals surface area contributed by atoms with Crippen LogP contribution in [0.2, 0.25) is 0 Å². The monoisotopic (exact) mass is 277 g/mol. The van der Waals surface area contributed by atoms with E-state index in [0.29, 0.717) is 18.9 Å². The predicted molar refractivity (Wildman–Crippen MR) is 71.0 cm³/mol. The number of alkyl halides is 3. The van der Waals surface area contributed by atoms with Crippen molar-refractivity contribution in [3.8, 4) is 0 Å². The Kier molecular flexibility index (Phi) is 5.55. The normalized spacial score (nSPS) is 31.1. The fraction of sp³-hybridized carbons (Fsp3) is 1.00. The highest BCUT2D eigenvalue weighted by Gasteiger charge is 2.41. The molecule has 2 atom stereocenters. The summed E-state index contributed by atoms with van der Waals surface area (Å²) < 4.78 is 38.2. The molecule has 112 valence electrons. The van der Waals surface area contributed by atoms with Crippen molar-refractivity contribution < 1.29 is 13.2 Å². The van der Waals surface area contributed by atoms with Gasteiger partial charge in [-0.05, 0) is 44.6 Å². The van der Waals surface area contributed by atoms with Gasteiger partial charge in [0, 0.05) is 6.04 Å². The van der Waals surface area contributed by atoms with Crippen LogP contribution < -0.4 is 5.32 Å². The Balaban J connectivity index is 1.73. The molecule has 0 aromatic carbocycles. The van der Waals surface area contributed by atoms with Crippen molar-refractivity contribution in [1.29, 1.82) is 0 Å². The van der Waals surface area contributed by atoms with E-state index in [1.165, 1.54) is 38.5 Å². The largest absolute Gasteiger partial charge is 0.391 e. The molecule has 2 unspecified atom stereocenters. The van der Waals surface area contributed by atoms with Crippen molar-refractivity contribution in [3.05, 3.63) is 0 Å². The number of hydrogen-bond donors (Lipinski definition) is 1. The van der Waals surface area contributed by atoms with E-state index in [1.807, 2.05) is 0 Å². The van der Waals surface area contributed by atoms with Gasteiger partial charge in [-0.1, -0.05) is 32.1 Å². The van der Waals surface area contributed by atoms with Gasteiger partial charge in [-0.3, -0.25) is 0 Å². The molecule has 0 radical (unpaired) electrons. The molecule has 0 aromatic heterocycles. The minimum atomic E-state index is -3.99. The van der Waals surface area contributed by atoms with Crippen molar-refractivity contribution in [2.45, 2.75) is 76.4 Å². The van der Waals surface area contributed by atoms with E-state index in [-0.39, 0.29) is 5.92 Å². The van der Waals surface area contributed by atoms with Crippen LogP contribution in [0.25, 0.3) is 0 Å². The van der Waals surface area contributed by atoms with Crippen LogP contribution in [-0.4, -0.2) is 18.8 Å². The Labute approximate surface area is 114 Å². The lowest BCUT2D eigenvalue weighted by Gasteiger charge is -2.31. The van der Waals surface area contributed by atoms with E-state index in [4.69, 9.17) is 0 Å². The third-order valence-corrected chi connectivity index (χ3v) is 4.80. The smallest absolute Gasteiger partial charge is 0.314 e. The minimum Gasteiger partial charge on any atom is -0.314 e. The van der Waals surface area contributed by atoms with E-state index in [0.717, 1.165) is 19.4 Å². The fourth-order valence-corrected chi connectivity index (χ4v) is 3.59. The van der Waals surface area contributed by atoms with Gasteiger partial charge >= 0.3 is 6.18 Å². The Morgan fingerprint density at radius 2 is 1.53 bits per heavy atom. The molecule has 2 fully saturated rings. The molecule has 1 nitrogen and oxygen atoms in total. The van der Waals surface area contributed by atoms with Crippen LogP contribution in [0, 0.1) is 11.8 Å². The van der Waals surface area contributed by atoms with Crippen LogP contribution in [0.3, 0.4) is 0 Å². The second-order valence-electron chi connectivity index (χ2n) is 6.37. The Morgan fingerprint density at radius 1 is 0.842 bits per heavy atom. The van der Waals surface area contributed by atoms with Gasteiger partial charge in [0.15, 0.2) is 0 Å². The zero-order valence-electron chi connectivity index (χ0n) is 11.6. The first-order chi connectivity index (χ1) is 9.05. The minimum absolute atomic E-state index is 0.226. The molecule has 4 heteroatoms. The van der Waals surface area contributed by atoms with Gasteiger partial charge in [0.2, 0.25) is 0 Å². The summed E-state index contributed by atoms with van der Waals surface area (Å²) in [6.07, 6.45) is 5.97. The number of nitrogens with one attached hydrogen (secondary N) is 1. The molecule has 19 heavy (non-hydrogen) atoms. The Hall–Kier alpha value is -0.250. The van der Waals surface area contributed by atoms with E-state index >= 15 is 0 Å². The van der Waals surface area contributed by atoms with E-state index in [2.05, 4.69) is 5.32 Å². The summed E-state index contributed by atoms with van der Waals surface area (Å²) in [6.45, 7) is 0.789. The fourth-order valence-electron chi connectivity index (χ4n) is 3.59. The summed E-state index contributed by atoms with van der Waals surface area (Å²) in [6, 6.07) is 0.550. The Bertz CT molecular complexity index is 257. The Morgan fingerprint density at radius 3 is 2.16 bits per heavy atom. The molecule has 0 bridgehead atoms. The summed E-state index contributed by atoms with van der Waals surface area (Å²) in [7, 11) is 0. The summed E-state index contributed by atoms with van der Waals surface area (Å²) >= 11 is 0. The average Bonchev–Trinajstić information content (AvgIpc) is 2.64. The van der Waals surface area contributed by atoms with E-state index in [1.54, 1.807) is 0 Å². The van der Waals surface area contributed by atoms with Gasteiger partial charge in [0.25, 0.3) is 0 Å². The molecule has 0 heterocycles. The lowest BCUT2D eigenvalue weighted by atomic mass is 9.81. The van der Waals surface area contributed by atoms with Crippen LogP contribution >= 0.6 is 0 Å². The first kappa shape index (κ1) is 15.1. The lowest BCUT2D eigenvalue weighted by Crippen LogP contribution is -2.37. The maximum atomic E-state index is 12.7. The molecule has 0 saturated heterocycles. The molecule has 2 aliphatic carbocycles. The molecule has 2 aliphatic rings.